The van der Waals surface area contributed by atoms with Crippen LogP contribution in [0.5, 0.6) is 0 Å². The molecule has 0 spiro atoms. The van der Waals surface area contributed by atoms with E-state index >= 15 is 0 Å². The number of hydrogen-bond donors (Lipinski definition) is 0. The molecule has 0 atom stereocenters. The third-order valence-electron chi connectivity index (χ3n) is 2.52. The molecule has 0 N–H and O–H groups in total. The number of tetrazole rings is 1. The molecule has 0 aliphatic carbocycles. The molecule has 100 valence electrons. The zero-order valence-corrected chi connectivity index (χ0v) is 11.6. The molecule has 1 amide bonds. The second-order valence-electron chi connectivity index (χ2n) is 4.01. The van der Waals surface area contributed by atoms with E-state index in [0.29, 0.717) is 16.6 Å². The van der Waals surface area contributed by atoms with E-state index in [9.17, 15) is 4.79 Å². The van der Waals surface area contributed by atoms with Gasteiger partial charge < -0.3 is 4.90 Å². The summed E-state index contributed by atoms with van der Waals surface area (Å²) < 4.78 is 1.37. The van der Waals surface area contributed by atoms with Crippen LogP contribution in [0.15, 0.2) is 24.5 Å². The highest BCUT2D eigenvalue weighted by Gasteiger charge is 2.11. The van der Waals surface area contributed by atoms with Crippen molar-refractivity contribution in [1.82, 2.24) is 25.1 Å². The van der Waals surface area contributed by atoms with E-state index in [4.69, 9.17) is 23.2 Å². The van der Waals surface area contributed by atoms with Crippen LogP contribution in [0, 0.1) is 0 Å². The molecule has 8 heteroatoms. The summed E-state index contributed by atoms with van der Waals surface area (Å²) in [5, 5.41) is 11.5. The number of hydrogen-bond acceptors (Lipinski definition) is 4. The number of benzene rings is 1. The number of rotatable bonds is 4. The SMILES string of the molecule is CN(Cc1ccc(Cl)c(Cl)c1)C(=O)Cn1cnnn1. The van der Waals surface area contributed by atoms with Crippen LogP contribution in [-0.4, -0.2) is 38.1 Å². The van der Waals surface area contributed by atoms with Gasteiger partial charge in [-0.3, -0.25) is 4.79 Å². The second kappa shape index (κ2) is 5.99. The smallest absolute Gasteiger partial charge is 0.244 e. The lowest BCUT2D eigenvalue weighted by Gasteiger charge is -2.17. The maximum Gasteiger partial charge on any atom is 0.244 e. The van der Waals surface area contributed by atoms with Crippen molar-refractivity contribution < 1.29 is 4.79 Å². The van der Waals surface area contributed by atoms with E-state index in [0.717, 1.165) is 5.56 Å². The van der Waals surface area contributed by atoms with Crippen LogP contribution >= 0.6 is 23.2 Å². The average molecular weight is 300 g/mol. The Bertz CT molecular complexity index is 572. The maximum absolute atomic E-state index is 11.9. The van der Waals surface area contributed by atoms with Gasteiger partial charge in [-0.1, -0.05) is 29.3 Å². The largest absolute Gasteiger partial charge is 0.340 e. The summed E-state index contributed by atoms with van der Waals surface area (Å²) in [6.07, 6.45) is 1.39. The lowest BCUT2D eigenvalue weighted by molar-refractivity contribution is -0.131. The van der Waals surface area contributed by atoms with Crippen molar-refractivity contribution in [3.63, 3.8) is 0 Å². The molecular weight excluding hydrogens is 289 g/mol. The molecule has 1 aromatic heterocycles. The molecule has 0 fully saturated rings. The van der Waals surface area contributed by atoms with E-state index in [1.165, 1.54) is 11.0 Å². The van der Waals surface area contributed by atoms with Crippen LogP contribution in [0.25, 0.3) is 0 Å². The Labute approximate surface area is 119 Å². The molecule has 1 aromatic carbocycles. The minimum atomic E-state index is -0.0987. The molecule has 1 heterocycles. The van der Waals surface area contributed by atoms with Gasteiger partial charge in [0, 0.05) is 13.6 Å². The number of amides is 1. The Morgan fingerprint density at radius 3 is 2.79 bits per heavy atom. The van der Waals surface area contributed by atoms with E-state index in [1.54, 1.807) is 24.1 Å². The van der Waals surface area contributed by atoms with Gasteiger partial charge in [-0.25, -0.2) is 4.68 Å². The Kier molecular flexibility index (Phi) is 4.34. The molecule has 19 heavy (non-hydrogen) atoms. The van der Waals surface area contributed by atoms with Crippen molar-refractivity contribution in [1.29, 1.82) is 0 Å². The van der Waals surface area contributed by atoms with Gasteiger partial charge in [-0.05, 0) is 28.1 Å². The van der Waals surface area contributed by atoms with Crippen LogP contribution in [-0.2, 0) is 17.9 Å². The third kappa shape index (κ3) is 3.65. The lowest BCUT2D eigenvalue weighted by Crippen LogP contribution is -2.30. The van der Waals surface area contributed by atoms with Crippen molar-refractivity contribution in [2.45, 2.75) is 13.1 Å². The highest BCUT2D eigenvalue weighted by atomic mass is 35.5. The van der Waals surface area contributed by atoms with Crippen molar-refractivity contribution in [3.05, 3.63) is 40.1 Å². The predicted octanol–water partition coefficient (Wildman–Crippen LogP) is 1.64. The molecular formula is C11H11Cl2N5O. The van der Waals surface area contributed by atoms with E-state index in [1.807, 2.05) is 6.07 Å². The van der Waals surface area contributed by atoms with E-state index < -0.39 is 0 Å². The van der Waals surface area contributed by atoms with Gasteiger partial charge in [0.25, 0.3) is 0 Å². The van der Waals surface area contributed by atoms with E-state index in [-0.39, 0.29) is 12.5 Å². The van der Waals surface area contributed by atoms with Crippen LogP contribution in [0.2, 0.25) is 10.0 Å². The van der Waals surface area contributed by atoms with Gasteiger partial charge >= 0.3 is 0 Å². The quantitative estimate of drug-likeness (QED) is 0.861. The van der Waals surface area contributed by atoms with Gasteiger partial charge in [0.05, 0.1) is 10.0 Å². The average Bonchev–Trinajstić information content (AvgIpc) is 2.86. The summed E-state index contributed by atoms with van der Waals surface area (Å²) in [6.45, 7) is 0.544. The molecule has 0 bridgehead atoms. The first-order valence-corrected chi connectivity index (χ1v) is 6.20. The molecule has 2 rings (SSSR count). The second-order valence-corrected chi connectivity index (χ2v) is 4.82. The lowest BCUT2D eigenvalue weighted by atomic mass is 10.2. The van der Waals surface area contributed by atoms with E-state index in [2.05, 4.69) is 15.5 Å². The topological polar surface area (TPSA) is 63.9 Å². The molecule has 6 nitrogen and oxygen atoms in total. The van der Waals surface area contributed by atoms with Crippen LogP contribution in [0.3, 0.4) is 0 Å². The summed E-state index contributed by atoms with van der Waals surface area (Å²) in [4.78, 5) is 13.5. The van der Waals surface area contributed by atoms with Crippen LogP contribution in [0.4, 0.5) is 0 Å². The zero-order chi connectivity index (χ0) is 13.8. The number of halogens is 2. The van der Waals surface area contributed by atoms with Crippen molar-refractivity contribution in [2.75, 3.05) is 7.05 Å². The number of aromatic nitrogens is 4. The van der Waals surface area contributed by atoms with Gasteiger partial charge in [0.1, 0.15) is 12.9 Å². The fourth-order valence-corrected chi connectivity index (χ4v) is 1.83. The molecule has 0 saturated heterocycles. The summed E-state index contributed by atoms with van der Waals surface area (Å²) >= 11 is 11.8. The van der Waals surface area contributed by atoms with Gasteiger partial charge in [-0.2, -0.15) is 0 Å². The Morgan fingerprint density at radius 1 is 1.37 bits per heavy atom. The summed E-state index contributed by atoms with van der Waals surface area (Å²) in [7, 11) is 1.70. The Morgan fingerprint density at radius 2 is 2.16 bits per heavy atom. The first-order chi connectivity index (χ1) is 9.06. The predicted molar refractivity (Wildman–Crippen MR) is 70.8 cm³/mol. The standard InChI is InChI=1S/C11H11Cl2N5O/c1-17(11(19)6-18-7-14-15-16-18)5-8-2-3-9(12)10(13)4-8/h2-4,7H,5-6H2,1H3. The van der Waals surface area contributed by atoms with Gasteiger partial charge in [0.15, 0.2) is 0 Å². The fourth-order valence-electron chi connectivity index (χ4n) is 1.51. The minimum Gasteiger partial charge on any atom is -0.340 e. The fraction of sp³-hybridized carbons (Fsp3) is 0.273. The zero-order valence-electron chi connectivity index (χ0n) is 10.1. The highest BCUT2D eigenvalue weighted by Crippen LogP contribution is 2.23. The van der Waals surface area contributed by atoms with Crippen molar-refractivity contribution in [3.8, 4) is 0 Å². The Balaban J connectivity index is 1.98. The third-order valence-corrected chi connectivity index (χ3v) is 3.26. The van der Waals surface area contributed by atoms with Crippen LogP contribution in [0.1, 0.15) is 5.56 Å². The van der Waals surface area contributed by atoms with Crippen LogP contribution < -0.4 is 0 Å². The molecule has 0 unspecified atom stereocenters. The molecule has 0 radical (unpaired) electrons. The number of carbonyl (C=O) groups excluding carboxylic acids is 1. The van der Waals surface area contributed by atoms with Gasteiger partial charge in [0.2, 0.25) is 5.91 Å². The molecule has 0 saturated carbocycles. The summed E-state index contributed by atoms with van der Waals surface area (Å²) in [5.41, 5.74) is 0.905. The maximum atomic E-state index is 11.9. The van der Waals surface area contributed by atoms with Gasteiger partial charge in [-0.15, -0.1) is 5.10 Å². The number of likely N-dealkylation sites (N-methyl/N-ethyl adjacent to an activating group) is 1. The minimum absolute atomic E-state index is 0.0987. The highest BCUT2D eigenvalue weighted by molar-refractivity contribution is 6.42. The van der Waals surface area contributed by atoms with Crippen molar-refractivity contribution in [2.24, 2.45) is 0 Å². The monoisotopic (exact) mass is 299 g/mol. The molecule has 2 aromatic rings. The summed E-state index contributed by atoms with van der Waals surface area (Å²) in [6, 6.07) is 5.28. The van der Waals surface area contributed by atoms with Crippen molar-refractivity contribution >= 4 is 29.1 Å². The first-order valence-electron chi connectivity index (χ1n) is 5.45. The summed E-state index contributed by atoms with van der Waals surface area (Å²) in [5.74, 6) is -0.0987. The number of carbonyl (C=O) groups is 1. The molecule has 0 aliphatic rings. The normalized spacial score (nSPS) is 10.5. The first kappa shape index (κ1) is 13.8. The molecule has 0 aliphatic heterocycles. The number of nitrogens with zero attached hydrogens (tertiary/aromatic N) is 5. The Hall–Kier alpha value is -1.66.